The number of halogens is 1. The number of rotatable bonds is 3. The van der Waals surface area contributed by atoms with Gasteiger partial charge in [-0.15, -0.1) is 0 Å². The Labute approximate surface area is 114 Å². The van der Waals surface area contributed by atoms with E-state index in [-0.39, 0.29) is 11.9 Å². The molecule has 0 aliphatic heterocycles. The summed E-state index contributed by atoms with van der Waals surface area (Å²) in [4.78, 5) is 19.7. The molecule has 1 unspecified atom stereocenters. The van der Waals surface area contributed by atoms with Gasteiger partial charge in [0.2, 0.25) is 0 Å². The van der Waals surface area contributed by atoms with Crippen molar-refractivity contribution in [1.82, 2.24) is 15.3 Å². The van der Waals surface area contributed by atoms with Crippen LogP contribution in [0.3, 0.4) is 0 Å². The smallest absolute Gasteiger partial charge is 0.271 e. The summed E-state index contributed by atoms with van der Waals surface area (Å²) in [5.41, 5.74) is 1.35. The highest BCUT2D eigenvalue weighted by Crippen LogP contribution is 2.17. The summed E-state index contributed by atoms with van der Waals surface area (Å²) >= 11 is 3.41. The molecule has 1 atom stereocenters. The van der Waals surface area contributed by atoms with Crippen LogP contribution in [0.2, 0.25) is 0 Å². The molecule has 0 aliphatic rings. The minimum Gasteiger partial charge on any atom is -0.344 e. The zero-order chi connectivity index (χ0) is 13.0. The van der Waals surface area contributed by atoms with E-state index >= 15 is 0 Å². The van der Waals surface area contributed by atoms with Crippen LogP contribution in [0.5, 0.6) is 0 Å². The van der Waals surface area contributed by atoms with Gasteiger partial charge in [0.05, 0.1) is 12.2 Å². The standard InChI is InChI=1S/C13H12BrN3O/c1-9(10-3-2-4-11(14)7-10)17-13(18)12-8-15-5-6-16-12/h2-9H,1H3,(H,17,18). The molecule has 1 amide bonds. The largest absolute Gasteiger partial charge is 0.344 e. The molecule has 0 saturated carbocycles. The Hall–Kier alpha value is -1.75. The summed E-state index contributed by atoms with van der Waals surface area (Å²) in [5.74, 6) is -0.226. The molecule has 1 N–H and O–H groups in total. The van der Waals surface area contributed by atoms with Crippen LogP contribution in [-0.4, -0.2) is 15.9 Å². The van der Waals surface area contributed by atoms with Crippen LogP contribution in [0.1, 0.15) is 29.0 Å². The first-order valence-corrected chi connectivity index (χ1v) is 6.28. The van der Waals surface area contributed by atoms with Gasteiger partial charge < -0.3 is 5.32 Å². The topological polar surface area (TPSA) is 54.9 Å². The van der Waals surface area contributed by atoms with Gasteiger partial charge in [0.1, 0.15) is 5.69 Å². The second-order valence-electron chi connectivity index (χ2n) is 3.84. The molecule has 0 fully saturated rings. The number of carbonyl (C=O) groups excluding carboxylic acids is 1. The highest BCUT2D eigenvalue weighted by molar-refractivity contribution is 9.10. The Morgan fingerprint density at radius 2 is 2.22 bits per heavy atom. The maximum atomic E-state index is 11.9. The lowest BCUT2D eigenvalue weighted by molar-refractivity contribution is 0.0934. The Kier molecular flexibility index (Phi) is 4.04. The fourth-order valence-electron chi connectivity index (χ4n) is 1.55. The molecule has 2 rings (SSSR count). The molecule has 0 aliphatic carbocycles. The van der Waals surface area contributed by atoms with Crippen molar-refractivity contribution in [1.29, 1.82) is 0 Å². The lowest BCUT2D eigenvalue weighted by Gasteiger charge is -2.14. The van der Waals surface area contributed by atoms with Gasteiger partial charge in [-0.1, -0.05) is 28.1 Å². The number of amides is 1. The molecule has 1 aromatic carbocycles. The molecule has 0 radical (unpaired) electrons. The average Bonchev–Trinajstić information content (AvgIpc) is 2.39. The highest BCUT2D eigenvalue weighted by atomic mass is 79.9. The van der Waals surface area contributed by atoms with Crippen LogP contribution < -0.4 is 5.32 Å². The summed E-state index contributed by atoms with van der Waals surface area (Å²) < 4.78 is 0.987. The first-order valence-electron chi connectivity index (χ1n) is 5.49. The predicted molar refractivity (Wildman–Crippen MR) is 72.1 cm³/mol. The van der Waals surface area contributed by atoms with Crippen LogP contribution >= 0.6 is 15.9 Å². The molecule has 4 nitrogen and oxygen atoms in total. The Bertz CT molecular complexity index is 545. The van der Waals surface area contributed by atoms with Crippen molar-refractivity contribution >= 4 is 21.8 Å². The molecule has 2 aromatic rings. The van der Waals surface area contributed by atoms with Crippen LogP contribution in [0.15, 0.2) is 47.3 Å². The third-order valence-electron chi connectivity index (χ3n) is 2.49. The number of carbonyl (C=O) groups is 1. The van der Waals surface area contributed by atoms with Crippen LogP contribution in [-0.2, 0) is 0 Å². The van der Waals surface area contributed by atoms with Crippen LogP contribution in [0.4, 0.5) is 0 Å². The fourth-order valence-corrected chi connectivity index (χ4v) is 1.96. The second-order valence-corrected chi connectivity index (χ2v) is 4.76. The third-order valence-corrected chi connectivity index (χ3v) is 2.99. The summed E-state index contributed by atoms with van der Waals surface area (Å²) in [7, 11) is 0. The van der Waals surface area contributed by atoms with Crippen LogP contribution in [0, 0.1) is 0 Å². The first-order chi connectivity index (χ1) is 8.66. The molecule has 1 heterocycles. The normalized spacial score (nSPS) is 11.9. The molecule has 0 bridgehead atoms. The number of benzene rings is 1. The average molecular weight is 306 g/mol. The minimum atomic E-state index is -0.226. The molecule has 18 heavy (non-hydrogen) atoms. The predicted octanol–water partition coefficient (Wildman–Crippen LogP) is 2.73. The number of hydrogen-bond donors (Lipinski definition) is 1. The fraction of sp³-hybridized carbons (Fsp3) is 0.154. The Morgan fingerprint density at radius 1 is 1.39 bits per heavy atom. The van der Waals surface area contributed by atoms with Gasteiger partial charge in [-0.2, -0.15) is 0 Å². The number of nitrogens with one attached hydrogen (secondary N) is 1. The van der Waals surface area contributed by atoms with E-state index < -0.39 is 0 Å². The van der Waals surface area contributed by atoms with E-state index in [4.69, 9.17) is 0 Å². The molecule has 1 aromatic heterocycles. The SMILES string of the molecule is CC(NC(=O)c1cnccn1)c1cccc(Br)c1. The molecule has 0 spiro atoms. The van der Waals surface area contributed by atoms with E-state index in [1.54, 1.807) is 0 Å². The Balaban J connectivity index is 2.08. The second kappa shape index (κ2) is 5.73. The lowest BCUT2D eigenvalue weighted by atomic mass is 10.1. The molecule has 92 valence electrons. The van der Waals surface area contributed by atoms with Gasteiger partial charge in [-0.25, -0.2) is 4.98 Å². The third kappa shape index (κ3) is 3.13. The van der Waals surface area contributed by atoms with Gasteiger partial charge in [-0.05, 0) is 24.6 Å². The molecular weight excluding hydrogens is 294 g/mol. The summed E-state index contributed by atoms with van der Waals surface area (Å²) in [6, 6.07) is 7.73. The summed E-state index contributed by atoms with van der Waals surface area (Å²) in [5, 5.41) is 2.88. The van der Waals surface area contributed by atoms with Crippen molar-refractivity contribution in [3.63, 3.8) is 0 Å². The monoisotopic (exact) mass is 305 g/mol. The number of nitrogens with zero attached hydrogens (tertiary/aromatic N) is 2. The molecule has 0 saturated heterocycles. The Morgan fingerprint density at radius 3 is 2.89 bits per heavy atom. The molecular formula is C13H12BrN3O. The van der Waals surface area contributed by atoms with Gasteiger partial charge in [0.15, 0.2) is 0 Å². The quantitative estimate of drug-likeness (QED) is 0.948. The van der Waals surface area contributed by atoms with Crippen molar-refractivity contribution in [2.45, 2.75) is 13.0 Å². The van der Waals surface area contributed by atoms with E-state index in [0.29, 0.717) is 5.69 Å². The minimum absolute atomic E-state index is 0.0861. The molecule has 5 heteroatoms. The van der Waals surface area contributed by atoms with E-state index in [2.05, 4.69) is 31.2 Å². The van der Waals surface area contributed by atoms with Gasteiger partial charge in [0, 0.05) is 16.9 Å². The first kappa shape index (κ1) is 12.7. The van der Waals surface area contributed by atoms with Crippen LogP contribution in [0.25, 0.3) is 0 Å². The van der Waals surface area contributed by atoms with Gasteiger partial charge >= 0.3 is 0 Å². The maximum Gasteiger partial charge on any atom is 0.271 e. The van der Waals surface area contributed by atoms with Gasteiger partial charge in [-0.3, -0.25) is 9.78 Å². The van der Waals surface area contributed by atoms with Crippen molar-refractivity contribution in [3.05, 3.63) is 58.6 Å². The van der Waals surface area contributed by atoms with Gasteiger partial charge in [0.25, 0.3) is 5.91 Å². The summed E-state index contributed by atoms with van der Waals surface area (Å²) in [6.07, 6.45) is 4.48. The lowest BCUT2D eigenvalue weighted by Crippen LogP contribution is -2.27. The van der Waals surface area contributed by atoms with Crippen molar-refractivity contribution in [2.75, 3.05) is 0 Å². The highest BCUT2D eigenvalue weighted by Gasteiger charge is 2.12. The van der Waals surface area contributed by atoms with Crippen molar-refractivity contribution in [3.8, 4) is 0 Å². The van der Waals surface area contributed by atoms with E-state index in [9.17, 15) is 4.79 Å². The zero-order valence-electron chi connectivity index (χ0n) is 9.80. The van der Waals surface area contributed by atoms with E-state index in [0.717, 1.165) is 10.0 Å². The maximum absolute atomic E-state index is 11.9. The van der Waals surface area contributed by atoms with Crippen molar-refractivity contribution < 1.29 is 4.79 Å². The summed E-state index contributed by atoms with van der Waals surface area (Å²) in [6.45, 7) is 1.93. The zero-order valence-corrected chi connectivity index (χ0v) is 11.4. The van der Waals surface area contributed by atoms with E-state index in [1.807, 2.05) is 31.2 Å². The van der Waals surface area contributed by atoms with E-state index in [1.165, 1.54) is 18.6 Å². The van der Waals surface area contributed by atoms with Crippen molar-refractivity contribution in [2.24, 2.45) is 0 Å². The number of hydrogen-bond acceptors (Lipinski definition) is 3. The number of aromatic nitrogens is 2.